The van der Waals surface area contributed by atoms with Gasteiger partial charge in [-0.1, -0.05) is 17.7 Å². The molecule has 0 radical (unpaired) electrons. The van der Waals surface area contributed by atoms with Gasteiger partial charge in [-0.25, -0.2) is 23.7 Å². The molecular weight excluding hydrogens is 462 g/mol. The first-order valence-electron chi connectivity index (χ1n) is 10.4. The minimum Gasteiger partial charge on any atom is -0.463 e. The number of aliphatic imine (C=N–C) groups is 1. The van der Waals surface area contributed by atoms with Gasteiger partial charge >= 0.3 is 0 Å². The molecule has 0 bridgehead atoms. The van der Waals surface area contributed by atoms with Gasteiger partial charge in [0.05, 0.1) is 29.1 Å². The standard InChI is InChI=1S/C23H20F2N6O2S/c1-3-6-33-17-10-28-20-16(30-17)4-5-27-21(20)29-12-7-13(18(25)15(24)8-12)19-14-9-23(14,11-32-2)34-22(26)31-19/h1,4-5,7-8,10,14,19H,6,9,11H2,2H3,(H2,26,31)(H,27,29). The van der Waals surface area contributed by atoms with E-state index in [1.807, 2.05) is 0 Å². The molecule has 0 saturated heterocycles. The van der Waals surface area contributed by atoms with Gasteiger partial charge in [0.25, 0.3) is 0 Å². The zero-order valence-electron chi connectivity index (χ0n) is 18.1. The van der Waals surface area contributed by atoms with Crippen LogP contribution in [0.15, 0.2) is 35.6 Å². The molecule has 1 aliphatic carbocycles. The number of hydrogen-bond donors (Lipinski definition) is 2. The number of nitrogens with one attached hydrogen (secondary N) is 1. The summed E-state index contributed by atoms with van der Waals surface area (Å²) < 4.78 is 40.0. The smallest absolute Gasteiger partial charge is 0.233 e. The van der Waals surface area contributed by atoms with E-state index in [1.165, 1.54) is 30.2 Å². The molecule has 11 heteroatoms. The predicted molar refractivity (Wildman–Crippen MR) is 126 cm³/mol. The lowest BCUT2D eigenvalue weighted by atomic mass is 9.99. The molecule has 1 aliphatic heterocycles. The zero-order valence-corrected chi connectivity index (χ0v) is 18.9. The number of aromatic nitrogens is 3. The van der Waals surface area contributed by atoms with Crippen LogP contribution in [0.25, 0.3) is 11.0 Å². The van der Waals surface area contributed by atoms with Gasteiger partial charge < -0.3 is 20.5 Å². The lowest BCUT2D eigenvalue weighted by Crippen LogP contribution is -2.28. The van der Waals surface area contributed by atoms with E-state index in [1.54, 1.807) is 13.2 Å². The summed E-state index contributed by atoms with van der Waals surface area (Å²) in [5.41, 5.74) is 7.39. The number of pyridine rings is 1. The second-order valence-corrected chi connectivity index (χ2v) is 9.47. The number of nitrogens with zero attached hydrogens (tertiary/aromatic N) is 4. The van der Waals surface area contributed by atoms with Crippen molar-refractivity contribution in [2.24, 2.45) is 16.6 Å². The zero-order chi connectivity index (χ0) is 23.9. The highest BCUT2D eigenvalue weighted by atomic mass is 32.2. The molecule has 8 nitrogen and oxygen atoms in total. The van der Waals surface area contributed by atoms with Gasteiger partial charge in [-0.05, 0) is 18.6 Å². The normalized spacial score (nSPS) is 23.1. The predicted octanol–water partition coefficient (Wildman–Crippen LogP) is 3.57. The van der Waals surface area contributed by atoms with Crippen LogP contribution in [0, 0.1) is 29.9 Å². The molecule has 34 heavy (non-hydrogen) atoms. The minimum absolute atomic E-state index is 0.00289. The first-order chi connectivity index (χ1) is 16.4. The lowest BCUT2D eigenvalue weighted by molar-refractivity contribution is 0.189. The SMILES string of the molecule is C#CCOc1cnc2c(Nc3cc(F)c(F)c(C4N=C(N)SC5(COC)CC45)c3)nccc2n1. The number of benzene rings is 1. The molecule has 5 rings (SSSR count). The second kappa shape index (κ2) is 8.70. The highest BCUT2D eigenvalue weighted by Gasteiger charge is 2.62. The molecule has 3 heterocycles. The maximum atomic E-state index is 14.9. The van der Waals surface area contributed by atoms with E-state index in [-0.39, 0.29) is 28.7 Å². The number of rotatable bonds is 7. The van der Waals surface area contributed by atoms with Gasteiger partial charge in [0.1, 0.15) is 5.52 Å². The van der Waals surface area contributed by atoms with E-state index in [2.05, 4.69) is 31.2 Å². The number of nitrogens with two attached hydrogens (primary N) is 1. The summed E-state index contributed by atoms with van der Waals surface area (Å²) in [6.07, 6.45) is 8.90. The Morgan fingerprint density at radius 1 is 1.35 bits per heavy atom. The molecule has 2 aliphatic rings. The summed E-state index contributed by atoms with van der Waals surface area (Å²) in [7, 11) is 1.61. The molecule has 174 valence electrons. The minimum atomic E-state index is -0.999. The molecule has 1 saturated carbocycles. The van der Waals surface area contributed by atoms with E-state index >= 15 is 0 Å². The van der Waals surface area contributed by atoms with Crippen molar-refractivity contribution < 1.29 is 18.3 Å². The van der Waals surface area contributed by atoms with Crippen molar-refractivity contribution in [3.05, 3.63) is 47.8 Å². The fourth-order valence-electron chi connectivity index (χ4n) is 4.26. The van der Waals surface area contributed by atoms with Crippen molar-refractivity contribution in [3.63, 3.8) is 0 Å². The third-order valence-electron chi connectivity index (χ3n) is 5.80. The average molecular weight is 483 g/mol. The van der Waals surface area contributed by atoms with E-state index in [0.29, 0.717) is 34.3 Å². The van der Waals surface area contributed by atoms with Crippen LogP contribution in [-0.2, 0) is 4.74 Å². The number of fused-ring (bicyclic) bond motifs is 2. The fraction of sp³-hybridized carbons (Fsp3) is 0.304. The van der Waals surface area contributed by atoms with Crippen molar-refractivity contribution in [1.82, 2.24) is 15.0 Å². The molecule has 0 spiro atoms. The van der Waals surface area contributed by atoms with Crippen molar-refractivity contribution in [2.45, 2.75) is 17.2 Å². The number of anilines is 2. The van der Waals surface area contributed by atoms with Crippen LogP contribution in [0.4, 0.5) is 20.3 Å². The van der Waals surface area contributed by atoms with Crippen LogP contribution < -0.4 is 15.8 Å². The van der Waals surface area contributed by atoms with Gasteiger partial charge in [0.2, 0.25) is 5.88 Å². The molecule has 2 aromatic heterocycles. The molecule has 0 amide bonds. The Morgan fingerprint density at radius 2 is 2.21 bits per heavy atom. The summed E-state index contributed by atoms with van der Waals surface area (Å²) in [6, 6.07) is 3.65. The fourth-order valence-corrected chi connectivity index (χ4v) is 5.56. The number of ether oxygens (including phenoxy) is 2. The summed E-state index contributed by atoms with van der Waals surface area (Å²) >= 11 is 1.43. The molecule has 3 atom stereocenters. The number of thioether (sulfide) groups is 1. The van der Waals surface area contributed by atoms with Crippen molar-refractivity contribution in [2.75, 3.05) is 25.6 Å². The van der Waals surface area contributed by atoms with E-state index < -0.39 is 17.7 Å². The van der Waals surface area contributed by atoms with Gasteiger partial charge in [-0.15, -0.1) is 6.42 Å². The Balaban J connectivity index is 1.48. The number of methoxy groups -OCH3 is 1. The Kier molecular flexibility index (Phi) is 5.71. The highest BCUT2D eigenvalue weighted by Crippen LogP contribution is 2.63. The maximum Gasteiger partial charge on any atom is 0.233 e. The van der Waals surface area contributed by atoms with E-state index in [9.17, 15) is 8.78 Å². The Labute approximate surface area is 198 Å². The Morgan fingerprint density at radius 3 is 3.00 bits per heavy atom. The molecule has 3 aromatic rings. The second-order valence-electron chi connectivity index (χ2n) is 8.04. The molecule has 3 N–H and O–H groups in total. The van der Waals surface area contributed by atoms with Crippen LogP contribution in [0.2, 0.25) is 0 Å². The molecule has 1 aromatic carbocycles. The first-order valence-corrected chi connectivity index (χ1v) is 11.2. The number of amidine groups is 1. The summed E-state index contributed by atoms with van der Waals surface area (Å²) in [5.74, 6) is 1.01. The summed E-state index contributed by atoms with van der Waals surface area (Å²) in [5, 5.41) is 3.36. The first kappa shape index (κ1) is 22.3. The van der Waals surface area contributed by atoms with Crippen LogP contribution in [0.5, 0.6) is 5.88 Å². The Hall–Kier alpha value is -3.49. The van der Waals surface area contributed by atoms with Crippen molar-refractivity contribution in [1.29, 1.82) is 0 Å². The highest BCUT2D eigenvalue weighted by molar-refractivity contribution is 8.15. The van der Waals surface area contributed by atoms with Crippen LogP contribution in [0.1, 0.15) is 18.0 Å². The maximum absolute atomic E-state index is 14.9. The quantitative estimate of drug-likeness (QED) is 0.492. The topological polar surface area (TPSA) is 108 Å². The summed E-state index contributed by atoms with van der Waals surface area (Å²) in [6.45, 7) is 0.524. The van der Waals surface area contributed by atoms with E-state index in [4.69, 9.17) is 21.6 Å². The van der Waals surface area contributed by atoms with Crippen LogP contribution in [-0.4, -0.2) is 45.2 Å². The molecule has 1 fully saturated rings. The lowest BCUT2D eigenvalue weighted by Gasteiger charge is -2.25. The van der Waals surface area contributed by atoms with E-state index in [0.717, 1.165) is 12.5 Å². The number of halogens is 2. The van der Waals surface area contributed by atoms with Crippen LogP contribution >= 0.6 is 11.8 Å². The number of hydrogen-bond acceptors (Lipinski definition) is 9. The largest absolute Gasteiger partial charge is 0.463 e. The Bertz CT molecular complexity index is 1350. The van der Waals surface area contributed by atoms with Crippen molar-refractivity contribution >= 4 is 39.5 Å². The third-order valence-corrected chi connectivity index (χ3v) is 7.11. The average Bonchev–Trinajstić information content (AvgIpc) is 3.53. The number of terminal acetylenes is 1. The van der Waals surface area contributed by atoms with Gasteiger partial charge in [0.15, 0.2) is 29.2 Å². The van der Waals surface area contributed by atoms with Crippen LogP contribution in [0.3, 0.4) is 0 Å². The summed E-state index contributed by atoms with van der Waals surface area (Å²) in [4.78, 5) is 17.4. The third kappa shape index (κ3) is 3.99. The van der Waals surface area contributed by atoms with Gasteiger partial charge in [-0.2, -0.15) is 0 Å². The molecular formula is C23H20F2N6O2S. The molecule has 3 unspecified atom stereocenters. The monoisotopic (exact) mass is 482 g/mol. The van der Waals surface area contributed by atoms with Gasteiger partial charge in [0, 0.05) is 36.5 Å². The van der Waals surface area contributed by atoms with Crippen molar-refractivity contribution in [3.8, 4) is 18.2 Å². The van der Waals surface area contributed by atoms with Gasteiger partial charge in [-0.3, -0.25) is 4.99 Å².